The molecular weight excluding hydrogens is 373 g/mol. The van der Waals surface area contributed by atoms with E-state index in [1.54, 1.807) is 4.52 Å². The van der Waals surface area contributed by atoms with E-state index < -0.39 is 11.9 Å². The number of amides is 1. The van der Waals surface area contributed by atoms with Gasteiger partial charge in [0.2, 0.25) is 11.9 Å². The van der Waals surface area contributed by atoms with Crippen LogP contribution in [0.1, 0.15) is 19.3 Å². The summed E-state index contributed by atoms with van der Waals surface area (Å²) < 4.78 is 15.2. The minimum atomic E-state index is -0.460. The van der Waals surface area contributed by atoms with Gasteiger partial charge < -0.3 is 10.6 Å². The normalized spacial score (nSPS) is 17.3. The summed E-state index contributed by atoms with van der Waals surface area (Å²) in [6.45, 7) is 0.678. The Morgan fingerprint density at radius 1 is 1.17 bits per heavy atom. The van der Waals surface area contributed by atoms with Crippen molar-refractivity contribution < 1.29 is 9.18 Å². The molecule has 2 N–H and O–H groups in total. The minimum Gasteiger partial charge on any atom is -0.354 e. The minimum absolute atomic E-state index is 0.0553. The molecule has 1 fully saturated rings. The summed E-state index contributed by atoms with van der Waals surface area (Å²) in [7, 11) is 0. The van der Waals surface area contributed by atoms with Gasteiger partial charge in [0.15, 0.2) is 11.5 Å². The van der Waals surface area contributed by atoms with Crippen molar-refractivity contribution in [3.05, 3.63) is 48.5 Å². The lowest BCUT2D eigenvalue weighted by atomic mass is 10.1. The molecule has 8 nitrogen and oxygen atoms in total. The summed E-state index contributed by atoms with van der Waals surface area (Å²) in [5, 5.41) is 11.5. The SMILES string of the molecule is O=C1NCCCC[C@H]1Nc1nc2ccccc2c2nc(-c3cncc(F)c3)nn12. The summed E-state index contributed by atoms with van der Waals surface area (Å²) >= 11 is 0. The Hall–Kier alpha value is -3.62. The Bertz CT molecular complexity index is 1220. The van der Waals surface area contributed by atoms with Crippen LogP contribution in [0.25, 0.3) is 27.9 Å². The third-order valence-corrected chi connectivity index (χ3v) is 4.98. The second kappa shape index (κ2) is 7.08. The third kappa shape index (κ3) is 3.24. The number of aromatic nitrogens is 5. The van der Waals surface area contributed by atoms with Crippen molar-refractivity contribution in [1.82, 2.24) is 29.9 Å². The summed E-state index contributed by atoms with van der Waals surface area (Å²) in [5.41, 5.74) is 1.77. The molecule has 9 heteroatoms. The summed E-state index contributed by atoms with van der Waals surface area (Å²) in [4.78, 5) is 25.5. The number of rotatable bonds is 3. The standard InChI is InChI=1S/C20H18FN7O/c21-13-9-12(10-22-11-13)17-26-18-14-5-1-2-6-15(14)24-20(28(18)27-17)25-16-7-3-4-8-23-19(16)29/h1-2,5-6,9-11,16H,3-4,7-8H2,(H,23,29)(H,24,25)/t16-/m1/s1. The van der Waals surface area contributed by atoms with E-state index in [0.717, 1.165) is 29.9 Å². The van der Waals surface area contributed by atoms with Gasteiger partial charge >= 0.3 is 0 Å². The molecule has 0 unspecified atom stereocenters. The number of halogens is 1. The van der Waals surface area contributed by atoms with E-state index in [1.807, 2.05) is 24.3 Å². The van der Waals surface area contributed by atoms with Gasteiger partial charge in [0.25, 0.3) is 0 Å². The lowest BCUT2D eigenvalue weighted by molar-refractivity contribution is -0.121. The molecule has 1 saturated heterocycles. The first-order valence-electron chi connectivity index (χ1n) is 9.50. The maximum Gasteiger partial charge on any atom is 0.242 e. The molecule has 1 aliphatic heterocycles. The number of pyridine rings is 1. The summed E-state index contributed by atoms with van der Waals surface area (Å²) in [6.07, 6.45) is 5.24. The first-order valence-corrected chi connectivity index (χ1v) is 9.50. The molecule has 146 valence electrons. The zero-order valence-corrected chi connectivity index (χ0v) is 15.5. The van der Waals surface area contributed by atoms with Gasteiger partial charge in [0.05, 0.1) is 11.7 Å². The molecule has 4 aromatic rings. The maximum atomic E-state index is 13.6. The summed E-state index contributed by atoms with van der Waals surface area (Å²) in [5.74, 6) is 0.241. The fourth-order valence-corrected chi connectivity index (χ4v) is 3.54. The zero-order chi connectivity index (χ0) is 19.8. The number of anilines is 1. The number of benzene rings is 1. The smallest absolute Gasteiger partial charge is 0.242 e. The highest BCUT2D eigenvalue weighted by Gasteiger charge is 2.23. The van der Waals surface area contributed by atoms with E-state index in [4.69, 9.17) is 0 Å². The first-order chi connectivity index (χ1) is 14.2. The first kappa shape index (κ1) is 17.5. The molecule has 1 amide bonds. The fourth-order valence-electron chi connectivity index (χ4n) is 3.54. The number of fused-ring (bicyclic) bond motifs is 3. The number of hydrogen-bond donors (Lipinski definition) is 2. The molecular formula is C20H18FN7O. The maximum absolute atomic E-state index is 13.6. The molecule has 3 aromatic heterocycles. The lowest BCUT2D eigenvalue weighted by Gasteiger charge is -2.16. The quantitative estimate of drug-likeness (QED) is 0.557. The number of para-hydroxylation sites is 1. The molecule has 4 heterocycles. The third-order valence-electron chi connectivity index (χ3n) is 4.98. The van der Waals surface area contributed by atoms with Gasteiger partial charge in [-0.3, -0.25) is 9.78 Å². The second-order valence-corrected chi connectivity index (χ2v) is 7.00. The highest BCUT2D eigenvalue weighted by Crippen LogP contribution is 2.25. The van der Waals surface area contributed by atoms with Crippen LogP contribution in [0.2, 0.25) is 0 Å². The van der Waals surface area contributed by atoms with Crippen LogP contribution in [0, 0.1) is 5.82 Å². The molecule has 0 bridgehead atoms. The van der Waals surface area contributed by atoms with Crippen LogP contribution < -0.4 is 10.6 Å². The van der Waals surface area contributed by atoms with E-state index in [2.05, 4.69) is 30.7 Å². The van der Waals surface area contributed by atoms with Crippen molar-refractivity contribution in [1.29, 1.82) is 0 Å². The molecule has 1 aromatic carbocycles. The van der Waals surface area contributed by atoms with Gasteiger partial charge in [-0.2, -0.15) is 4.52 Å². The van der Waals surface area contributed by atoms with Gasteiger partial charge in [-0.1, -0.05) is 12.1 Å². The van der Waals surface area contributed by atoms with Crippen molar-refractivity contribution in [2.75, 3.05) is 11.9 Å². The van der Waals surface area contributed by atoms with Crippen molar-refractivity contribution >= 4 is 28.4 Å². The van der Waals surface area contributed by atoms with Crippen LogP contribution in [0.3, 0.4) is 0 Å². The largest absolute Gasteiger partial charge is 0.354 e. The highest BCUT2D eigenvalue weighted by atomic mass is 19.1. The van der Waals surface area contributed by atoms with Crippen molar-refractivity contribution in [2.24, 2.45) is 0 Å². The van der Waals surface area contributed by atoms with E-state index in [0.29, 0.717) is 35.9 Å². The average molecular weight is 391 g/mol. The van der Waals surface area contributed by atoms with Gasteiger partial charge in [-0.05, 0) is 37.5 Å². The molecule has 0 saturated carbocycles. The van der Waals surface area contributed by atoms with Crippen LogP contribution >= 0.6 is 0 Å². The average Bonchev–Trinajstić information content (AvgIpc) is 3.09. The number of nitrogens with zero attached hydrogens (tertiary/aromatic N) is 5. The number of nitrogens with one attached hydrogen (secondary N) is 2. The summed E-state index contributed by atoms with van der Waals surface area (Å²) in [6, 6.07) is 8.50. The molecule has 5 rings (SSSR count). The monoisotopic (exact) mass is 391 g/mol. The van der Waals surface area contributed by atoms with E-state index in [9.17, 15) is 9.18 Å². The zero-order valence-electron chi connectivity index (χ0n) is 15.5. The Balaban J connectivity index is 1.66. The fraction of sp³-hybridized carbons (Fsp3) is 0.250. The van der Waals surface area contributed by atoms with Gasteiger partial charge in [-0.25, -0.2) is 14.4 Å². The Labute approximate surface area is 165 Å². The van der Waals surface area contributed by atoms with Crippen LogP contribution in [-0.2, 0) is 4.79 Å². The Kier molecular flexibility index (Phi) is 4.27. The van der Waals surface area contributed by atoms with Crippen LogP contribution in [0.15, 0.2) is 42.7 Å². The number of hydrogen-bond acceptors (Lipinski definition) is 6. The number of carbonyl (C=O) groups is 1. The predicted molar refractivity (Wildman–Crippen MR) is 106 cm³/mol. The molecule has 0 radical (unpaired) electrons. The van der Waals surface area contributed by atoms with Crippen LogP contribution in [-0.4, -0.2) is 43.1 Å². The van der Waals surface area contributed by atoms with Crippen LogP contribution in [0.5, 0.6) is 0 Å². The molecule has 0 spiro atoms. The van der Waals surface area contributed by atoms with Crippen molar-refractivity contribution in [3.63, 3.8) is 0 Å². The topological polar surface area (TPSA) is 97.1 Å². The van der Waals surface area contributed by atoms with Gasteiger partial charge in [0, 0.05) is 23.7 Å². The van der Waals surface area contributed by atoms with E-state index in [1.165, 1.54) is 12.3 Å². The van der Waals surface area contributed by atoms with Crippen molar-refractivity contribution in [2.45, 2.75) is 25.3 Å². The molecule has 29 heavy (non-hydrogen) atoms. The highest BCUT2D eigenvalue weighted by molar-refractivity contribution is 5.93. The number of carbonyl (C=O) groups excluding carboxylic acids is 1. The Morgan fingerprint density at radius 2 is 2.07 bits per heavy atom. The van der Waals surface area contributed by atoms with Gasteiger partial charge in [0.1, 0.15) is 11.9 Å². The van der Waals surface area contributed by atoms with Crippen molar-refractivity contribution in [3.8, 4) is 11.4 Å². The van der Waals surface area contributed by atoms with Gasteiger partial charge in [-0.15, -0.1) is 5.10 Å². The van der Waals surface area contributed by atoms with E-state index in [-0.39, 0.29) is 5.91 Å². The lowest BCUT2D eigenvalue weighted by Crippen LogP contribution is -2.38. The van der Waals surface area contributed by atoms with E-state index >= 15 is 0 Å². The predicted octanol–water partition coefficient (Wildman–Crippen LogP) is 2.56. The molecule has 1 atom stereocenters. The van der Waals surface area contributed by atoms with Crippen LogP contribution in [0.4, 0.5) is 10.3 Å². The second-order valence-electron chi connectivity index (χ2n) is 7.00. The molecule has 0 aliphatic carbocycles. The Morgan fingerprint density at radius 3 is 2.97 bits per heavy atom. The molecule has 1 aliphatic rings.